The molecule has 1 aromatic rings. The minimum atomic E-state index is -3.59. The van der Waals surface area contributed by atoms with Crippen molar-refractivity contribution in [3.8, 4) is 6.07 Å². The summed E-state index contributed by atoms with van der Waals surface area (Å²) in [5.74, 6) is 0. The molecule has 0 aliphatic carbocycles. The SMILES string of the molecule is N#Cc1ccc(S(=O)(=O)N[C@@H]2CCCNC2)cc1Cl. The molecule has 0 aromatic heterocycles. The van der Waals surface area contributed by atoms with Crippen molar-refractivity contribution >= 4 is 21.6 Å². The molecule has 5 nitrogen and oxygen atoms in total. The van der Waals surface area contributed by atoms with E-state index in [0.29, 0.717) is 6.54 Å². The molecule has 0 unspecified atom stereocenters. The number of nitrogens with zero attached hydrogens (tertiary/aromatic N) is 1. The van der Waals surface area contributed by atoms with Crippen molar-refractivity contribution in [3.63, 3.8) is 0 Å². The monoisotopic (exact) mass is 299 g/mol. The summed E-state index contributed by atoms with van der Waals surface area (Å²) in [4.78, 5) is 0.0853. The van der Waals surface area contributed by atoms with Gasteiger partial charge in [0, 0.05) is 12.6 Å². The molecule has 1 fully saturated rings. The van der Waals surface area contributed by atoms with E-state index in [9.17, 15) is 8.42 Å². The summed E-state index contributed by atoms with van der Waals surface area (Å²) in [6.45, 7) is 1.55. The lowest BCUT2D eigenvalue weighted by atomic mass is 10.1. The third-order valence-electron chi connectivity index (χ3n) is 2.99. The molecular weight excluding hydrogens is 286 g/mol. The maximum Gasteiger partial charge on any atom is 0.240 e. The van der Waals surface area contributed by atoms with E-state index in [0.717, 1.165) is 19.4 Å². The molecule has 7 heteroatoms. The van der Waals surface area contributed by atoms with Gasteiger partial charge in [-0.15, -0.1) is 0 Å². The summed E-state index contributed by atoms with van der Waals surface area (Å²) in [6.07, 6.45) is 1.76. The van der Waals surface area contributed by atoms with Crippen molar-refractivity contribution in [2.75, 3.05) is 13.1 Å². The number of hydrogen-bond acceptors (Lipinski definition) is 4. The van der Waals surface area contributed by atoms with Gasteiger partial charge < -0.3 is 5.32 Å². The van der Waals surface area contributed by atoms with Crippen LogP contribution in [0.2, 0.25) is 5.02 Å². The molecule has 1 saturated heterocycles. The number of piperidine rings is 1. The van der Waals surface area contributed by atoms with Gasteiger partial charge in [-0.05, 0) is 37.6 Å². The van der Waals surface area contributed by atoms with Gasteiger partial charge in [0.1, 0.15) is 6.07 Å². The summed E-state index contributed by atoms with van der Waals surface area (Å²) in [7, 11) is -3.59. The van der Waals surface area contributed by atoms with Gasteiger partial charge >= 0.3 is 0 Å². The third kappa shape index (κ3) is 3.45. The molecule has 1 aromatic carbocycles. The van der Waals surface area contributed by atoms with Gasteiger partial charge in [-0.25, -0.2) is 13.1 Å². The first kappa shape index (κ1) is 14.3. The first-order chi connectivity index (χ1) is 9.03. The summed E-state index contributed by atoms with van der Waals surface area (Å²) in [5.41, 5.74) is 0.264. The van der Waals surface area contributed by atoms with Crippen LogP contribution in [0.15, 0.2) is 23.1 Å². The zero-order valence-corrected chi connectivity index (χ0v) is 11.8. The third-order valence-corrected chi connectivity index (χ3v) is 4.82. The van der Waals surface area contributed by atoms with Crippen LogP contribution >= 0.6 is 11.6 Å². The van der Waals surface area contributed by atoms with E-state index in [1.807, 2.05) is 6.07 Å². The standard InChI is InChI=1S/C12H14ClN3O2S/c13-12-6-11(4-3-9(12)7-14)19(17,18)16-10-2-1-5-15-8-10/h3-4,6,10,15-16H,1-2,5,8H2/t10-/m1/s1. The maximum absolute atomic E-state index is 12.2. The van der Waals surface area contributed by atoms with Crippen molar-refractivity contribution in [2.45, 2.75) is 23.8 Å². The van der Waals surface area contributed by atoms with E-state index < -0.39 is 10.0 Å². The number of nitriles is 1. The van der Waals surface area contributed by atoms with E-state index in [1.165, 1.54) is 18.2 Å². The van der Waals surface area contributed by atoms with Crippen LogP contribution in [0.25, 0.3) is 0 Å². The van der Waals surface area contributed by atoms with E-state index in [-0.39, 0.29) is 21.5 Å². The number of hydrogen-bond donors (Lipinski definition) is 2. The Kier molecular flexibility index (Phi) is 4.42. The summed E-state index contributed by atoms with van der Waals surface area (Å²) >= 11 is 5.85. The Morgan fingerprint density at radius 2 is 2.26 bits per heavy atom. The topological polar surface area (TPSA) is 82.0 Å². The molecule has 1 atom stereocenters. The van der Waals surface area contributed by atoms with Gasteiger partial charge in [0.2, 0.25) is 10.0 Å². The Bertz CT molecular complexity index is 604. The van der Waals surface area contributed by atoms with Crippen LogP contribution in [0.1, 0.15) is 18.4 Å². The van der Waals surface area contributed by atoms with Gasteiger partial charge in [0.25, 0.3) is 0 Å². The molecule has 1 heterocycles. The largest absolute Gasteiger partial charge is 0.315 e. The number of sulfonamides is 1. The fourth-order valence-corrected chi connectivity index (χ4v) is 3.58. The zero-order valence-electron chi connectivity index (χ0n) is 10.2. The second-order valence-electron chi connectivity index (χ2n) is 4.42. The average Bonchev–Trinajstić information content (AvgIpc) is 2.39. The molecule has 1 aliphatic rings. The van der Waals surface area contributed by atoms with E-state index >= 15 is 0 Å². The predicted molar refractivity (Wildman–Crippen MR) is 72.4 cm³/mol. The zero-order chi connectivity index (χ0) is 13.9. The molecule has 19 heavy (non-hydrogen) atoms. The lowest BCUT2D eigenvalue weighted by Crippen LogP contribution is -2.45. The van der Waals surface area contributed by atoms with Crippen LogP contribution in [0, 0.1) is 11.3 Å². The fraction of sp³-hybridized carbons (Fsp3) is 0.417. The first-order valence-electron chi connectivity index (χ1n) is 5.95. The van der Waals surface area contributed by atoms with Crippen molar-refractivity contribution in [2.24, 2.45) is 0 Å². The summed E-state index contributed by atoms with van der Waals surface area (Å²) < 4.78 is 27.0. The smallest absolute Gasteiger partial charge is 0.240 e. The predicted octanol–water partition coefficient (Wildman–Crippen LogP) is 1.24. The highest BCUT2D eigenvalue weighted by Crippen LogP contribution is 2.20. The van der Waals surface area contributed by atoms with Gasteiger partial charge in [-0.3, -0.25) is 0 Å². The lowest BCUT2D eigenvalue weighted by molar-refractivity contribution is 0.428. The molecule has 102 valence electrons. The van der Waals surface area contributed by atoms with Gasteiger partial charge in [0.05, 0.1) is 15.5 Å². The minimum Gasteiger partial charge on any atom is -0.315 e. The Balaban J connectivity index is 2.19. The Labute approximate surface area is 117 Å². The van der Waals surface area contributed by atoms with Crippen molar-refractivity contribution in [1.82, 2.24) is 10.0 Å². The number of rotatable bonds is 3. The molecule has 0 amide bonds. The van der Waals surface area contributed by atoms with E-state index in [1.54, 1.807) is 0 Å². The molecule has 1 aliphatic heterocycles. The second-order valence-corrected chi connectivity index (χ2v) is 6.54. The van der Waals surface area contributed by atoms with Crippen molar-refractivity contribution in [1.29, 1.82) is 5.26 Å². The molecule has 0 bridgehead atoms. The minimum absolute atomic E-state index is 0.0853. The van der Waals surface area contributed by atoms with Gasteiger partial charge in [-0.1, -0.05) is 11.6 Å². The molecular formula is C12H14ClN3O2S. The Morgan fingerprint density at radius 3 is 2.84 bits per heavy atom. The molecule has 2 N–H and O–H groups in total. The van der Waals surface area contributed by atoms with Crippen LogP contribution < -0.4 is 10.0 Å². The first-order valence-corrected chi connectivity index (χ1v) is 7.82. The fourth-order valence-electron chi connectivity index (χ4n) is 1.99. The van der Waals surface area contributed by atoms with Crippen LogP contribution in [0.3, 0.4) is 0 Å². The maximum atomic E-state index is 12.2. The highest BCUT2D eigenvalue weighted by atomic mass is 35.5. The van der Waals surface area contributed by atoms with E-state index in [4.69, 9.17) is 16.9 Å². The van der Waals surface area contributed by atoms with Gasteiger partial charge in [-0.2, -0.15) is 5.26 Å². The highest BCUT2D eigenvalue weighted by molar-refractivity contribution is 7.89. The lowest BCUT2D eigenvalue weighted by Gasteiger charge is -2.23. The molecule has 0 spiro atoms. The van der Waals surface area contributed by atoms with Crippen molar-refractivity contribution < 1.29 is 8.42 Å². The quantitative estimate of drug-likeness (QED) is 0.880. The van der Waals surface area contributed by atoms with E-state index in [2.05, 4.69) is 10.0 Å². The number of halogens is 1. The van der Waals surface area contributed by atoms with Gasteiger partial charge in [0.15, 0.2) is 0 Å². The molecule has 0 saturated carbocycles. The number of benzene rings is 1. The van der Waals surface area contributed by atoms with Crippen LogP contribution in [-0.2, 0) is 10.0 Å². The summed E-state index contributed by atoms with van der Waals surface area (Å²) in [6, 6.07) is 5.90. The van der Waals surface area contributed by atoms with Crippen LogP contribution in [-0.4, -0.2) is 27.5 Å². The van der Waals surface area contributed by atoms with Crippen molar-refractivity contribution in [3.05, 3.63) is 28.8 Å². The average molecular weight is 300 g/mol. The number of nitrogens with one attached hydrogen (secondary N) is 2. The molecule has 2 rings (SSSR count). The van der Waals surface area contributed by atoms with Crippen LogP contribution in [0.5, 0.6) is 0 Å². The Hall–Kier alpha value is -1.13. The Morgan fingerprint density at radius 1 is 1.47 bits per heavy atom. The second kappa shape index (κ2) is 5.88. The molecule has 0 radical (unpaired) electrons. The highest BCUT2D eigenvalue weighted by Gasteiger charge is 2.22. The summed E-state index contributed by atoms with van der Waals surface area (Å²) in [5, 5.41) is 12.1. The van der Waals surface area contributed by atoms with Crippen LogP contribution in [0.4, 0.5) is 0 Å². The normalized spacial score (nSPS) is 19.9.